The van der Waals surface area contributed by atoms with E-state index in [0.29, 0.717) is 34.5 Å². The highest BCUT2D eigenvalue weighted by atomic mass is 35.5. The van der Waals surface area contributed by atoms with Gasteiger partial charge in [-0.2, -0.15) is 0 Å². The second kappa shape index (κ2) is 9.07. The molecule has 12 heteroatoms. The molecule has 9 nitrogen and oxygen atoms in total. The molecule has 2 aromatic carbocycles. The SMILES string of the molecule is CCc1nnc(NS(=O)(=O)c2ccc(NC=C(C=O)c3nc4cc(Cl)ccc4o3)cc2)s1. The Hall–Kier alpha value is -3.28. The van der Waals surface area contributed by atoms with E-state index >= 15 is 0 Å². The number of hydrogen-bond acceptors (Lipinski definition) is 9. The van der Waals surface area contributed by atoms with Crippen molar-refractivity contribution in [1.82, 2.24) is 15.2 Å². The third-order valence-electron chi connectivity index (χ3n) is 4.27. The van der Waals surface area contributed by atoms with Gasteiger partial charge < -0.3 is 9.73 Å². The van der Waals surface area contributed by atoms with Crippen molar-refractivity contribution in [2.45, 2.75) is 18.2 Å². The van der Waals surface area contributed by atoms with Crippen LogP contribution in [0.1, 0.15) is 17.8 Å². The second-order valence-electron chi connectivity index (χ2n) is 6.48. The third-order valence-corrected chi connectivity index (χ3v) is 6.98. The summed E-state index contributed by atoms with van der Waals surface area (Å²) in [6.07, 6.45) is 2.70. The number of aldehydes is 1. The van der Waals surface area contributed by atoms with Crippen molar-refractivity contribution in [2.75, 3.05) is 10.0 Å². The molecule has 2 aromatic heterocycles. The molecule has 32 heavy (non-hydrogen) atoms. The number of aryl methyl sites for hydroxylation is 1. The number of carbonyl (C=O) groups excluding carboxylic acids is 1. The molecule has 0 radical (unpaired) electrons. The number of benzene rings is 2. The first-order valence-corrected chi connectivity index (χ1v) is 12.0. The minimum atomic E-state index is -3.80. The van der Waals surface area contributed by atoms with Crippen LogP contribution < -0.4 is 10.0 Å². The lowest BCUT2D eigenvalue weighted by atomic mass is 10.3. The summed E-state index contributed by atoms with van der Waals surface area (Å²) in [6.45, 7) is 1.91. The van der Waals surface area contributed by atoms with Gasteiger partial charge in [-0.15, -0.1) is 10.2 Å². The Kier molecular flexibility index (Phi) is 6.21. The highest BCUT2D eigenvalue weighted by Crippen LogP contribution is 2.24. The van der Waals surface area contributed by atoms with Crippen LogP contribution in [0.5, 0.6) is 0 Å². The molecule has 0 fully saturated rings. The molecule has 4 aromatic rings. The molecule has 0 saturated carbocycles. The van der Waals surface area contributed by atoms with Crippen molar-refractivity contribution >= 4 is 66.7 Å². The fourth-order valence-corrected chi connectivity index (χ4v) is 4.75. The number of sulfonamides is 1. The van der Waals surface area contributed by atoms with E-state index in [2.05, 4.69) is 25.2 Å². The molecule has 0 amide bonds. The minimum Gasteiger partial charge on any atom is -0.436 e. The smallest absolute Gasteiger partial charge is 0.263 e. The second-order valence-corrected chi connectivity index (χ2v) is 9.66. The third kappa shape index (κ3) is 4.79. The average molecular weight is 490 g/mol. The summed E-state index contributed by atoms with van der Waals surface area (Å²) < 4.78 is 33.1. The van der Waals surface area contributed by atoms with Crippen LogP contribution in [0.3, 0.4) is 0 Å². The van der Waals surface area contributed by atoms with Crippen molar-refractivity contribution in [2.24, 2.45) is 0 Å². The molecule has 0 aliphatic carbocycles. The molecule has 2 heterocycles. The summed E-state index contributed by atoms with van der Waals surface area (Å²) >= 11 is 7.13. The summed E-state index contributed by atoms with van der Waals surface area (Å²) in [7, 11) is -3.80. The molecular weight excluding hydrogens is 474 g/mol. The normalized spacial score (nSPS) is 12.1. The quantitative estimate of drug-likeness (QED) is 0.276. The maximum Gasteiger partial charge on any atom is 0.263 e. The van der Waals surface area contributed by atoms with E-state index in [1.54, 1.807) is 30.3 Å². The number of allylic oxidation sites excluding steroid dienone is 1. The van der Waals surface area contributed by atoms with Gasteiger partial charge in [-0.05, 0) is 48.9 Å². The number of nitrogens with zero attached hydrogens (tertiary/aromatic N) is 3. The van der Waals surface area contributed by atoms with Gasteiger partial charge in [0.2, 0.25) is 11.0 Å². The van der Waals surface area contributed by atoms with E-state index in [-0.39, 0.29) is 21.5 Å². The Balaban J connectivity index is 1.49. The fourth-order valence-electron chi connectivity index (χ4n) is 2.67. The lowest BCUT2D eigenvalue weighted by molar-refractivity contribution is -0.103. The molecule has 4 rings (SSSR count). The van der Waals surface area contributed by atoms with E-state index in [9.17, 15) is 13.2 Å². The van der Waals surface area contributed by atoms with Crippen molar-refractivity contribution in [3.63, 3.8) is 0 Å². The minimum absolute atomic E-state index is 0.0618. The van der Waals surface area contributed by atoms with Gasteiger partial charge in [-0.1, -0.05) is 29.9 Å². The summed E-state index contributed by atoms with van der Waals surface area (Å²) in [5, 5.41) is 12.1. The maximum atomic E-state index is 12.5. The first-order valence-electron chi connectivity index (χ1n) is 9.31. The molecule has 0 aliphatic heterocycles. The zero-order valence-electron chi connectivity index (χ0n) is 16.6. The van der Waals surface area contributed by atoms with Gasteiger partial charge in [0.25, 0.3) is 10.0 Å². The number of aromatic nitrogens is 3. The van der Waals surface area contributed by atoms with Gasteiger partial charge in [-0.25, -0.2) is 13.4 Å². The Morgan fingerprint density at radius 3 is 2.66 bits per heavy atom. The Morgan fingerprint density at radius 1 is 1.19 bits per heavy atom. The molecule has 0 bridgehead atoms. The fraction of sp³-hybridized carbons (Fsp3) is 0.100. The number of fused-ring (bicyclic) bond motifs is 1. The number of halogens is 1. The molecular formula is C20H16ClN5O4S2. The summed E-state index contributed by atoms with van der Waals surface area (Å²) in [6, 6.07) is 11.0. The van der Waals surface area contributed by atoms with Crippen LogP contribution in [0, 0.1) is 0 Å². The van der Waals surface area contributed by atoms with Crippen molar-refractivity contribution in [3.8, 4) is 0 Å². The van der Waals surface area contributed by atoms with Crippen LogP contribution in [0.25, 0.3) is 16.7 Å². The van der Waals surface area contributed by atoms with E-state index in [4.69, 9.17) is 16.0 Å². The number of anilines is 2. The van der Waals surface area contributed by atoms with Gasteiger partial charge in [0.1, 0.15) is 10.5 Å². The lowest BCUT2D eigenvalue weighted by Gasteiger charge is -2.06. The van der Waals surface area contributed by atoms with Crippen LogP contribution in [-0.4, -0.2) is 29.9 Å². The monoisotopic (exact) mass is 489 g/mol. The lowest BCUT2D eigenvalue weighted by Crippen LogP contribution is -2.12. The summed E-state index contributed by atoms with van der Waals surface area (Å²) in [5.41, 5.74) is 1.77. The number of oxazole rings is 1. The van der Waals surface area contributed by atoms with Crippen LogP contribution in [0.4, 0.5) is 10.8 Å². The first kappa shape index (κ1) is 21.9. The molecule has 0 saturated heterocycles. The van der Waals surface area contributed by atoms with Crippen LogP contribution >= 0.6 is 22.9 Å². The van der Waals surface area contributed by atoms with E-state index < -0.39 is 10.0 Å². The Labute approximate surface area is 192 Å². The summed E-state index contributed by atoms with van der Waals surface area (Å²) in [5.74, 6) is 0.136. The molecule has 0 atom stereocenters. The predicted octanol–water partition coefficient (Wildman–Crippen LogP) is 4.35. The highest BCUT2D eigenvalue weighted by molar-refractivity contribution is 7.93. The summed E-state index contributed by atoms with van der Waals surface area (Å²) in [4.78, 5) is 15.8. The largest absolute Gasteiger partial charge is 0.436 e. The Morgan fingerprint density at radius 2 is 1.97 bits per heavy atom. The first-order chi connectivity index (χ1) is 15.4. The maximum absolute atomic E-state index is 12.5. The van der Waals surface area contributed by atoms with Gasteiger partial charge in [-0.3, -0.25) is 9.52 Å². The average Bonchev–Trinajstić information content (AvgIpc) is 3.40. The predicted molar refractivity (Wildman–Crippen MR) is 123 cm³/mol. The molecule has 164 valence electrons. The molecule has 2 N–H and O–H groups in total. The van der Waals surface area contributed by atoms with Gasteiger partial charge in [0.15, 0.2) is 11.9 Å². The number of hydrogen-bond donors (Lipinski definition) is 2. The van der Waals surface area contributed by atoms with Gasteiger partial charge in [0.05, 0.1) is 10.5 Å². The van der Waals surface area contributed by atoms with E-state index in [0.717, 1.165) is 5.01 Å². The van der Waals surface area contributed by atoms with Crippen LogP contribution in [-0.2, 0) is 21.2 Å². The van der Waals surface area contributed by atoms with Crippen molar-refractivity contribution in [3.05, 3.63) is 64.6 Å². The Bertz CT molecular complexity index is 1410. The zero-order valence-corrected chi connectivity index (χ0v) is 19.0. The van der Waals surface area contributed by atoms with E-state index in [1.807, 2.05) is 6.92 Å². The van der Waals surface area contributed by atoms with Crippen LogP contribution in [0.2, 0.25) is 5.02 Å². The van der Waals surface area contributed by atoms with Crippen molar-refractivity contribution < 1.29 is 17.6 Å². The number of nitrogens with one attached hydrogen (secondary N) is 2. The van der Waals surface area contributed by atoms with Crippen LogP contribution in [0.15, 0.2) is 58.0 Å². The van der Waals surface area contributed by atoms with Crippen molar-refractivity contribution in [1.29, 1.82) is 0 Å². The van der Waals surface area contributed by atoms with Gasteiger partial charge in [0, 0.05) is 16.9 Å². The topological polar surface area (TPSA) is 127 Å². The van der Waals surface area contributed by atoms with Gasteiger partial charge >= 0.3 is 0 Å². The molecule has 0 spiro atoms. The zero-order chi connectivity index (χ0) is 22.7. The number of rotatable bonds is 8. The van der Waals surface area contributed by atoms with E-state index in [1.165, 1.54) is 29.7 Å². The molecule has 0 unspecified atom stereocenters. The molecule has 0 aliphatic rings. The number of carbonyl (C=O) groups is 1. The highest BCUT2D eigenvalue weighted by Gasteiger charge is 2.17. The standard InChI is InChI=1S/C20H16ClN5O4S2/c1-2-18-24-25-20(31-18)26-32(28,29)15-6-4-14(5-7-15)22-10-12(11-27)19-23-16-9-13(21)3-8-17(16)30-19/h3-11,22H,2H2,1H3,(H,25,26).